The Hall–Kier alpha value is -2.77. The number of ether oxygens (including phenoxy) is 1. The zero-order valence-corrected chi connectivity index (χ0v) is 12.7. The first kappa shape index (κ1) is 16.1. The molecule has 0 unspecified atom stereocenters. The van der Waals surface area contributed by atoms with Gasteiger partial charge >= 0.3 is 6.61 Å². The molecule has 8 heteroatoms. The molecule has 0 spiro atoms. The SMILES string of the molecule is O=C(C=Cc1ccccc1OC(F)F)NCc1nncn1C1CC1. The molecule has 0 aliphatic heterocycles. The molecule has 6 nitrogen and oxygen atoms in total. The summed E-state index contributed by atoms with van der Waals surface area (Å²) in [6.07, 6.45) is 6.55. The molecule has 1 aromatic heterocycles. The molecule has 1 aliphatic carbocycles. The summed E-state index contributed by atoms with van der Waals surface area (Å²) in [5, 5.41) is 10.5. The van der Waals surface area contributed by atoms with E-state index in [4.69, 9.17) is 0 Å². The largest absolute Gasteiger partial charge is 0.434 e. The van der Waals surface area contributed by atoms with Gasteiger partial charge in [-0.2, -0.15) is 8.78 Å². The third kappa shape index (κ3) is 4.15. The normalized spacial score (nSPS) is 14.3. The lowest BCUT2D eigenvalue weighted by Gasteiger charge is -2.07. The lowest BCUT2D eigenvalue weighted by atomic mass is 10.2. The molecule has 1 aromatic carbocycles. The van der Waals surface area contributed by atoms with E-state index in [0.29, 0.717) is 17.4 Å². The molecule has 1 N–H and O–H groups in total. The molecule has 0 radical (unpaired) electrons. The first-order valence-corrected chi connectivity index (χ1v) is 7.51. The molecule has 24 heavy (non-hydrogen) atoms. The van der Waals surface area contributed by atoms with Crippen LogP contribution in [-0.4, -0.2) is 27.3 Å². The Bertz CT molecular complexity index is 741. The van der Waals surface area contributed by atoms with Crippen molar-refractivity contribution in [2.45, 2.75) is 32.0 Å². The number of hydrogen-bond donors (Lipinski definition) is 1. The average molecular weight is 334 g/mol. The van der Waals surface area contributed by atoms with Gasteiger partial charge in [0.1, 0.15) is 12.1 Å². The Morgan fingerprint density at radius 1 is 1.42 bits per heavy atom. The summed E-state index contributed by atoms with van der Waals surface area (Å²) in [4.78, 5) is 11.9. The van der Waals surface area contributed by atoms with Crippen LogP contribution in [-0.2, 0) is 11.3 Å². The van der Waals surface area contributed by atoms with E-state index >= 15 is 0 Å². The zero-order valence-electron chi connectivity index (χ0n) is 12.7. The van der Waals surface area contributed by atoms with Gasteiger partial charge in [-0.1, -0.05) is 18.2 Å². The standard InChI is InChI=1S/C16H16F2N4O2/c17-16(18)24-13-4-2-1-3-11(13)5-8-15(23)19-9-14-21-20-10-22(14)12-6-7-12/h1-5,8,10,12,16H,6-7,9H2,(H,19,23). The van der Waals surface area contributed by atoms with E-state index in [1.54, 1.807) is 24.5 Å². The van der Waals surface area contributed by atoms with E-state index in [2.05, 4.69) is 20.3 Å². The monoisotopic (exact) mass is 334 g/mol. The van der Waals surface area contributed by atoms with E-state index in [-0.39, 0.29) is 18.2 Å². The maximum atomic E-state index is 12.3. The third-order valence-electron chi connectivity index (χ3n) is 3.56. The fraction of sp³-hybridized carbons (Fsp3) is 0.312. The molecule has 1 aliphatic rings. The van der Waals surface area contributed by atoms with Gasteiger partial charge < -0.3 is 14.6 Å². The van der Waals surface area contributed by atoms with Crippen LogP contribution in [0, 0.1) is 0 Å². The number of nitrogens with zero attached hydrogens (tertiary/aromatic N) is 3. The molecule has 0 atom stereocenters. The number of carbonyl (C=O) groups excluding carboxylic acids is 1. The van der Waals surface area contributed by atoms with Crippen molar-refractivity contribution >= 4 is 12.0 Å². The van der Waals surface area contributed by atoms with Crippen LogP contribution in [0.25, 0.3) is 6.08 Å². The second-order valence-electron chi connectivity index (χ2n) is 5.35. The molecule has 1 fully saturated rings. The Labute approximate surface area is 137 Å². The molecule has 1 saturated carbocycles. The van der Waals surface area contributed by atoms with E-state index in [1.807, 2.05) is 4.57 Å². The van der Waals surface area contributed by atoms with Crippen molar-refractivity contribution in [3.8, 4) is 5.75 Å². The van der Waals surface area contributed by atoms with E-state index < -0.39 is 6.61 Å². The number of amides is 1. The highest BCUT2D eigenvalue weighted by Gasteiger charge is 2.25. The third-order valence-corrected chi connectivity index (χ3v) is 3.56. The molecule has 1 amide bonds. The number of rotatable bonds is 7. The number of carbonyl (C=O) groups is 1. The Morgan fingerprint density at radius 3 is 2.96 bits per heavy atom. The maximum absolute atomic E-state index is 12.3. The van der Waals surface area contributed by atoms with Gasteiger partial charge in [0.2, 0.25) is 5.91 Å². The van der Waals surface area contributed by atoms with Crippen LogP contribution in [0.1, 0.15) is 30.3 Å². The summed E-state index contributed by atoms with van der Waals surface area (Å²) in [6.45, 7) is -2.66. The van der Waals surface area contributed by atoms with E-state index in [1.165, 1.54) is 18.2 Å². The highest BCUT2D eigenvalue weighted by Crippen LogP contribution is 2.35. The number of hydrogen-bond acceptors (Lipinski definition) is 4. The van der Waals surface area contributed by atoms with Crippen LogP contribution in [0.4, 0.5) is 8.78 Å². The number of para-hydroxylation sites is 1. The molecule has 3 rings (SSSR count). The van der Waals surface area contributed by atoms with Crippen LogP contribution in [0.2, 0.25) is 0 Å². The van der Waals surface area contributed by atoms with E-state index in [0.717, 1.165) is 12.8 Å². The summed E-state index contributed by atoms with van der Waals surface area (Å²) in [5.74, 6) is 0.359. The molecular formula is C16H16F2N4O2. The van der Waals surface area contributed by atoms with Crippen molar-refractivity contribution < 1.29 is 18.3 Å². The van der Waals surface area contributed by atoms with Crippen LogP contribution in [0.3, 0.4) is 0 Å². The molecule has 126 valence electrons. The van der Waals surface area contributed by atoms with Gasteiger partial charge in [-0.05, 0) is 25.0 Å². The second kappa shape index (κ2) is 7.20. The molecule has 0 bridgehead atoms. The number of alkyl halides is 2. The minimum atomic E-state index is -2.91. The van der Waals surface area contributed by atoms with Crippen molar-refractivity contribution in [1.82, 2.24) is 20.1 Å². The molecule has 1 heterocycles. The summed E-state index contributed by atoms with van der Waals surface area (Å²) < 4.78 is 31.1. The van der Waals surface area contributed by atoms with Gasteiger partial charge in [-0.15, -0.1) is 10.2 Å². The van der Waals surface area contributed by atoms with Gasteiger partial charge in [0.05, 0.1) is 6.54 Å². The maximum Gasteiger partial charge on any atom is 0.387 e. The Balaban J connectivity index is 1.58. The summed E-state index contributed by atoms with van der Waals surface area (Å²) >= 11 is 0. The summed E-state index contributed by atoms with van der Waals surface area (Å²) in [5.41, 5.74) is 0.397. The smallest absolute Gasteiger partial charge is 0.387 e. The minimum Gasteiger partial charge on any atom is -0.434 e. The van der Waals surface area contributed by atoms with Gasteiger partial charge in [0.15, 0.2) is 5.82 Å². The fourth-order valence-electron chi connectivity index (χ4n) is 2.26. The van der Waals surface area contributed by atoms with Crippen LogP contribution >= 0.6 is 0 Å². The molecule has 0 saturated heterocycles. The summed E-state index contributed by atoms with van der Waals surface area (Å²) in [6, 6.07) is 6.70. The van der Waals surface area contributed by atoms with Gasteiger partial charge in [-0.3, -0.25) is 4.79 Å². The van der Waals surface area contributed by atoms with Crippen LogP contribution < -0.4 is 10.1 Å². The van der Waals surface area contributed by atoms with Gasteiger partial charge in [0, 0.05) is 17.7 Å². The number of benzene rings is 1. The first-order chi connectivity index (χ1) is 11.6. The van der Waals surface area contributed by atoms with Crippen LogP contribution in [0.5, 0.6) is 5.75 Å². The predicted octanol–water partition coefficient (Wildman–Crippen LogP) is 2.54. The van der Waals surface area contributed by atoms with Crippen LogP contribution in [0.15, 0.2) is 36.7 Å². The minimum absolute atomic E-state index is 0.0185. The van der Waals surface area contributed by atoms with E-state index in [9.17, 15) is 13.6 Å². The lowest BCUT2D eigenvalue weighted by molar-refractivity contribution is -0.116. The van der Waals surface area contributed by atoms with Crippen molar-refractivity contribution in [2.75, 3.05) is 0 Å². The summed E-state index contributed by atoms with van der Waals surface area (Å²) in [7, 11) is 0. The topological polar surface area (TPSA) is 69.0 Å². The van der Waals surface area contributed by atoms with Crippen molar-refractivity contribution in [3.63, 3.8) is 0 Å². The predicted molar refractivity (Wildman–Crippen MR) is 82.2 cm³/mol. The lowest BCUT2D eigenvalue weighted by Crippen LogP contribution is -2.22. The highest BCUT2D eigenvalue weighted by molar-refractivity contribution is 5.92. The highest BCUT2D eigenvalue weighted by atomic mass is 19.3. The Kier molecular flexibility index (Phi) is 4.83. The van der Waals surface area contributed by atoms with Crippen molar-refractivity contribution in [3.05, 3.63) is 48.1 Å². The van der Waals surface area contributed by atoms with Crippen molar-refractivity contribution in [1.29, 1.82) is 0 Å². The fourth-order valence-corrected chi connectivity index (χ4v) is 2.26. The van der Waals surface area contributed by atoms with Gasteiger partial charge in [0.25, 0.3) is 0 Å². The average Bonchev–Trinajstić information content (AvgIpc) is 3.30. The number of nitrogens with one attached hydrogen (secondary N) is 1. The Morgan fingerprint density at radius 2 is 2.21 bits per heavy atom. The second-order valence-corrected chi connectivity index (χ2v) is 5.35. The molecule has 2 aromatic rings. The first-order valence-electron chi connectivity index (χ1n) is 7.51. The van der Waals surface area contributed by atoms with Crippen molar-refractivity contribution in [2.24, 2.45) is 0 Å². The molecular weight excluding hydrogens is 318 g/mol. The zero-order chi connectivity index (χ0) is 16.9. The quantitative estimate of drug-likeness (QED) is 0.790. The number of aromatic nitrogens is 3. The van der Waals surface area contributed by atoms with Gasteiger partial charge in [-0.25, -0.2) is 0 Å². The number of halogens is 2.